The number of nitrogens with zero attached hydrogens (tertiary/aromatic N) is 3. The van der Waals surface area contributed by atoms with E-state index in [9.17, 15) is 0 Å². The van der Waals surface area contributed by atoms with Gasteiger partial charge in [0, 0.05) is 16.9 Å². The van der Waals surface area contributed by atoms with Gasteiger partial charge in [0.1, 0.15) is 17.8 Å². The molecule has 0 spiro atoms. The molecule has 4 N–H and O–H groups in total. The Labute approximate surface area is 145 Å². The van der Waals surface area contributed by atoms with Crippen molar-refractivity contribution < 1.29 is 0 Å². The minimum atomic E-state index is 0.405. The molecule has 24 heavy (non-hydrogen) atoms. The molecule has 0 aliphatic carbocycles. The predicted octanol–water partition coefficient (Wildman–Crippen LogP) is 4.21. The van der Waals surface area contributed by atoms with E-state index in [-0.39, 0.29) is 0 Å². The van der Waals surface area contributed by atoms with Crippen LogP contribution in [-0.2, 0) is 0 Å². The summed E-state index contributed by atoms with van der Waals surface area (Å²) in [7, 11) is 0. The topological polar surface area (TPSA) is 88.8 Å². The van der Waals surface area contributed by atoms with Crippen molar-refractivity contribution >= 4 is 40.4 Å². The minimum Gasteiger partial charge on any atom is -0.393 e. The first kappa shape index (κ1) is 16.0. The molecule has 0 saturated carbocycles. The number of hydrogen-bond acceptors (Lipinski definition) is 6. The molecule has 0 fully saturated rings. The van der Waals surface area contributed by atoms with Gasteiger partial charge in [-0.25, -0.2) is 15.0 Å². The van der Waals surface area contributed by atoms with Crippen LogP contribution in [0.3, 0.4) is 0 Å². The summed E-state index contributed by atoms with van der Waals surface area (Å²) in [5, 5.41) is 6.98. The van der Waals surface area contributed by atoms with Crippen LogP contribution in [0.25, 0.3) is 0 Å². The largest absolute Gasteiger partial charge is 0.393 e. The summed E-state index contributed by atoms with van der Waals surface area (Å²) in [5.74, 6) is 1.70. The van der Waals surface area contributed by atoms with Crippen LogP contribution in [0.1, 0.15) is 11.1 Å². The van der Waals surface area contributed by atoms with Crippen molar-refractivity contribution in [2.45, 2.75) is 13.8 Å². The van der Waals surface area contributed by atoms with Crippen LogP contribution >= 0.6 is 11.6 Å². The van der Waals surface area contributed by atoms with E-state index in [2.05, 4.69) is 25.6 Å². The summed E-state index contributed by atoms with van der Waals surface area (Å²) >= 11 is 6.05. The molecule has 0 unspecified atom stereocenters. The number of aromatic nitrogens is 3. The molecule has 0 radical (unpaired) electrons. The van der Waals surface area contributed by atoms with Gasteiger partial charge in [-0.1, -0.05) is 23.7 Å². The molecule has 6 nitrogen and oxygen atoms in total. The molecule has 1 aromatic carbocycles. The fourth-order valence-corrected chi connectivity index (χ4v) is 2.35. The molecular weight excluding hydrogens is 324 g/mol. The number of nitrogen functional groups attached to an aromatic ring is 1. The highest BCUT2D eigenvalue weighted by atomic mass is 35.5. The van der Waals surface area contributed by atoms with E-state index >= 15 is 0 Å². The normalized spacial score (nSPS) is 10.5. The Balaban J connectivity index is 1.91. The Morgan fingerprint density at radius 1 is 0.917 bits per heavy atom. The lowest BCUT2D eigenvalue weighted by molar-refractivity contribution is 1.15. The first-order valence-electron chi connectivity index (χ1n) is 7.37. The third-order valence-corrected chi connectivity index (χ3v) is 3.82. The molecular formula is C17H17ClN6. The van der Waals surface area contributed by atoms with Gasteiger partial charge < -0.3 is 16.4 Å². The Morgan fingerprint density at radius 3 is 2.42 bits per heavy atom. The van der Waals surface area contributed by atoms with E-state index in [0.717, 1.165) is 16.8 Å². The second-order valence-electron chi connectivity index (χ2n) is 5.36. The molecule has 0 saturated heterocycles. The van der Waals surface area contributed by atoms with Gasteiger partial charge in [0.15, 0.2) is 11.6 Å². The summed E-state index contributed by atoms with van der Waals surface area (Å²) in [5.41, 5.74) is 9.48. The number of nitrogens with one attached hydrogen (secondary N) is 2. The number of benzene rings is 1. The summed E-state index contributed by atoms with van der Waals surface area (Å²) in [6, 6.07) is 9.43. The van der Waals surface area contributed by atoms with Gasteiger partial charge in [-0.05, 0) is 43.2 Å². The van der Waals surface area contributed by atoms with Crippen LogP contribution in [-0.4, -0.2) is 15.0 Å². The van der Waals surface area contributed by atoms with Crippen molar-refractivity contribution in [1.29, 1.82) is 0 Å². The molecule has 2 heterocycles. The Hall–Kier alpha value is -2.86. The van der Waals surface area contributed by atoms with Gasteiger partial charge in [-0.2, -0.15) is 0 Å². The summed E-state index contributed by atoms with van der Waals surface area (Å²) < 4.78 is 0. The van der Waals surface area contributed by atoms with Gasteiger partial charge in [-0.15, -0.1) is 0 Å². The molecule has 122 valence electrons. The third kappa shape index (κ3) is 3.38. The molecule has 0 atom stereocenters. The second-order valence-corrected chi connectivity index (χ2v) is 5.80. The Bertz CT molecular complexity index is 881. The molecule has 7 heteroatoms. The van der Waals surface area contributed by atoms with Crippen molar-refractivity contribution in [1.82, 2.24) is 15.0 Å². The Kier molecular flexibility index (Phi) is 4.48. The fourth-order valence-electron chi connectivity index (χ4n) is 2.18. The SMILES string of the molecule is Cc1ccc(Cl)cc1Nc1ncnc(Nc2ncccc2C)c1N. The lowest BCUT2D eigenvalue weighted by atomic mass is 10.2. The van der Waals surface area contributed by atoms with Gasteiger partial charge in [-0.3, -0.25) is 0 Å². The maximum absolute atomic E-state index is 6.21. The first-order chi connectivity index (χ1) is 11.5. The number of halogens is 1. The van der Waals surface area contributed by atoms with Crippen LogP contribution in [0.15, 0.2) is 42.9 Å². The van der Waals surface area contributed by atoms with E-state index in [1.807, 2.05) is 44.2 Å². The van der Waals surface area contributed by atoms with Gasteiger partial charge in [0.2, 0.25) is 0 Å². The lowest BCUT2D eigenvalue weighted by Gasteiger charge is -2.14. The summed E-state index contributed by atoms with van der Waals surface area (Å²) in [6.45, 7) is 3.94. The second kappa shape index (κ2) is 6.72. The number of hydrogen-bond donors (Lipinski definition) is 3. The van der Waals surface area contributed by atoms with Crippen LogP contribution in [0.4, 0.5) is 28.8 Å². The van der Waals surface area contributed by atoms with E-state index < -0.39 is 0 Å². The number of rotatable bonds is 4. The predicted molar refractivity (Wildman–Crippen MR) is 98.2 cm³/mol. The van der Waals surface area contributed by atoms with Gasteiger partial charge in [0.05, 0.1) is 0 Å². The summed E-state index contributed by atoms with van der Waals surface area (Å²) in [6.07, 6.45) is 3.15. The lowest BCUT2D eigenvalue weighted by Crippen LogP contribution is -2.07. The summed E-state index contributed by atoms with van der Waals surface area (Å²) in [4.78, 5) is 12.7. The average Bonchev–Trinajstić information content (AvgIpc) is 2.56. The highest BCUT2D eigenvalue weighted by molar-refractivity contribution is 6.30. The quantitative estimate of drug-likeness (QED) is 0.659. The first-order valence-corrected chi connectivity index (χ1v) is 7.74. The maximum Gasteiger partial charge on any atom is 0.160 e. The molecule has 3 rings (SSSR count). The molecule has 3 aromatic rings. The molecule has 0 bridgehead atoms. The van der Waals surface area contributed by atoms with Crippen LogP contribution in [0, 0.1) is 13.8 Å². The van der Waals surface area contributed by atoms with Crippen molar-refractivity contribution in [3.8, 4) is 0 Å². The zero-order valence-electron chi connectivity index (χ0n) is 13.3. The minimum absolute atomic E-state index is 0.405. The van der Waals surface area contributed by atoms with Crippen LogP contribution in [0.2, 0.25) is 5.02 Å². The van der Waals surface area contributed by atoms with Crippen LogP contribution in [0.5, 0.6) is 0 Å². The maximum atomic E-state index is 6.21. The zero-order chi connectivity index (χ0) is 17.1. The number of anilines is 5. The molecule has 0 amide bonds. The number of nitrogens with two attached hydrogens (primary N) is 1. The average molecular weight is 341 g/mol. The van der Waals surface area contributed by atoms with E-state index in [1.54, 1.807) is 6.20 Å². The Morgan fingerprint density at radius 2 is 1.67 bits per heavy atom. The smallest absolute Gasteiger partial charge is 0.160 e. The number of pyridine rings is 1. The standard InChI is InChI=1S/C17H17ClN6/c1-10-5-6-12(18)8-13(10)23-16-14(19)17(22-9-21-16)24-15-11(2)4-3-7-20-15/h3-9H,19H2,1-2H3,(H2,20,21,22,23,24). The third-order valence-electron chi connectivity index (χ3n) is 3.58. The van der Waals surface area contributed by atoms with Crippen LogP contribution < -0.4 is 16.4 Å². The fraction of sp³-hybridized carbons (Fsp3) is 0.118. The molecule has 0 aliphatic heterocycles. The van der Waals surface area contributed by atoms with E-state index in [0.29, 0.717) is 28.2 Å². The van der Waals surface area contributed by atoms with Gasteiger partial charge in [0.25, 0.3) is 0 Å². The highest BCUT2D eigenvalue weighted by Gasteiger charge is 2.11. The van der Waals surface area contributed by atoms with Gasteiger partial charge >= 0.3 is 0 Å². The van der Waals surface area contributed by atoms with E-state index in [4.69, 9.17) is 17.3 Å². The van der Waals surface area contributed by atoms with Crippen molar-refractivity contribution in [2.75, 3.05) is 16.4 Å². The zero-order valence-corrected chi connectivity index (χ0v) is 14.1. The monoisotopic (exact) mass is 340 g/mol. The molecule has 0 aliphatic rings. The van der Waals surface area contributed by atoms with Crippen molar-refractivity contribution in [2.24, 2.45) is 0 Å². The van der Waals surface area contributed by atoms with E-state index in [1.165, 1.54) is 6.33 Å². The van der Waals surface area contributed by atoms with Crippen molar-refractivity contribution in [3.63, 3.8) is 0 Å². The highest BCUT2D eigenvalue weighted by Crippen LogP contribution is 2.30. The number of aryl methyl sites for hydroxylation is 2. The molecule has 2 aromatic heterocycles. The van der Waals surface area contributed by atoms with Crippen molar-refractivity contribution in [3.05, 3.63) is 59.0 Å².